The fourth-order valence-electron chi connectivity index (χ4n) is 4.53. The average molecular weight is 680 g/mol. The van der Waals surface area contributed by atoms with E-state index in [4.69, 9.17) is 23.7 Å². The Hall–Kier alpha value is -2.48. The van der Waals surface area contributed by atoms with Crippen molar-refractivity contribution in [3.8, 4) is 0 Å². The van der Waals surface area contributed by atoms with E-state index in [2.05, 4.69) is 12.2 Å². The first-order valence-electron chi connectivity index (χ1n) is 16.4. The molecule has 1 rings (SSSR count). The number of carbonyl (C=O) groups excluding carboxylic acids is 1. The van der Waals surface area contributed by atoms with E-state index in [1.54, 1.807) is 14.7 Å². The van der Waals surface area contributed by atoms with Crippen LogP contribution in [0.2, 0.25) is 0 Å². The lowest BCUT2D eigenvalue weighted by atomic mass is 10.3. The zero-order chi connectivity index (χ0) is 34.5. The standard InChI is InChI=1S/C30H57N5O12/c1-2-3-13-43-15-17-45-19-21-47-22-20-46-18-16-44-14-4-31-27(36)23-32-5-7-33(24-28(37)38)9-11-35(26-30(41)42)12-10-34(8-6-32)25-29(39)40/h2-26H2,1H3,(H,31,36)(H,37,38)(H,39,40)(H,41,42). The third kappa shape index (κ3) is 26.2. The molecule has 0 aliphatic carbocycles. The van der Waals surface area contributed by atoms with Crippen molar-refractivity contribution in [3.05, 3.63) is 0 Å². The van der Waals surface area contributed by atoms with Gasteiger partial charge in [-0.25, -0.2) is 0 Å². The van der Waals surface area contributed by atoms with E-state index in [1.165, 1.54) is 0 Å². The molecule has 1 saturated heterocycles. The molecule has 17 heteroatoms. The van der Waals surface area contributed by atoms with Crippen LogP contribution in [0.3, 0.4) is 0 Å². The largest absolute Gasteiger partial charge is 0.480 e. The van der Waals surface area contributed by atoms with Crippen LogP contribution >= 0.6 is 0 Å². The SMILES string of the molecule is CCCCOCCOCCOCCOCCOCCNC(=O)CN1CCN(CC(=O)O)CCN(CC(=O)O)CCN(CC(=O)O)CC1. The summed E-state index contributed by atoms with van der Waals surface area (Å²) in [6.07, 6.45) is 2.17. The third-order valence-corrected chi connectivity index (χ3v) is 7.07. The second-order valence-electron chi connectivity index (χ2n) is 11.1. The van der Waals surface area contributed by atoms with Gasteiger partial charge >= 0.3 is 17.9 Å². The highest BCUT2D eigenvalue weighted by atomic mass is 16.6. The molecule has 1 amide bonds. The maximum atomic E-state index is 12.7. The van der Waals surface area contributed by atoms with Gasteiger partial charge in [0.1, 0.15) is 0 Å². The molecule has 1 aliphatic rings. The van der Waals surface area contributed by atoms with Crippen LogP contribution in [-0.4, -0.2) is 210 Å². The molecule has 0 aromatic rings. The van der Waals surface area contributed by atoms with E-state index in [0.29, 0.717) is 118 Å². The highest BCUT2D eigenvalue weighted by Crippen LogP contribution is 2.01. The van der Waals surface area contributed by atoms with Gasteiger partial charge in [0.15, 0.2) is 0 Å². The van der Waals surface area contributed by atoms with Crippen molar-refractivity contribution < 1.29 is 58.2 Å². The van der Waals surface area contributed by atoms with Crippen LogP contribution in [0.5, 0.6) is 0 Å². The first-order valence-corrected chi connectivity index (χ1v) is 16.4. The maximum Gasteiger partial charge on any atom is 0.317 e. The van der Waals surface area contributed by atoms with Crippen molar-refractivity contribution in [1.82, 2.24) is 24.9 Å². The number of ether oxygens (including phenoxy) is 5. The Balaban J connectivity index is 2.32. The first kappa shape index (κ1) is 42.5. The maximum absolute atomic E-state index is 12.7. The lowest BCUT2D eigenvalue weighted by Gasteiger charge is -2.32. The topological polar surface area (TPSA) is 200 Å². The summed E-state index contributed by atoms with van der Waals surface area (Å²) < 4.78 is 27.3. The number of aliphatic carboxylic acids is 3. The number of rotatable bonds is 26. The molecule has 0 saturated carbocycles. The zero-order valence-electron chi connectivity index (χ0n) is 28.0. The van der Waals surface area contributed by atoms with Crippen LogP contribution in [0.4, 0.5) is 0 Å². The number of nitrogens with zero attached hydrogens (tertiary/aromatic N) is 4. The second-order valence-corrected chi connectivity index (χ2v) is 11.1. The summed E-state index contributed by atoms with van der Waals surface area (Å²) in [7, 11) is 0. The van der Waals surface area contributed by atoms with Crippen LogP contribution in [0.15, 0.2) is 0 Å². The molecule has 47 heavy (non-hydrogen) atoms. The molecule has 17 nitrogen and oxygen atoms in total. The van der Waals surface area contributed by atoms with E-state index in [9.17, 15) is 34.5 Å². The molecule has 0 atom stereocenters. The lowest BCUT2D eigenvalue weighted by Crippen LogP contribution is -2.50. The number of amides is 1. The summed E-state index contributed by atoms with van der Waals surface area (Å²) in [6, 6.07) is 0. The summed E-state index contributed by atoms with van der Waals surface area (Å²) in [5, 5.41) is 30.8. The van der Waals surface area contributed by atoms with Crippen LogP contribution in [0.25, 0.3) is 0 Å². The Bertz CT molecular complexity index is 824. The molecular formula is C30H57N5O12. The van der Waals surface area contributed by atoms with Gasteiger partial charge in [-0.15, -0.1) is 0 Å². The monoisotopic (exact) mass is 679 g/mol. The second kappa shape index (κ2) is 28.5. The van der Waals surface area contributed by atoms with Gasteiger partial charge in [0, 0.05) is 65.5 Å². The van der Waals surface area contributed by atoms with Gasteiger partial charge in [-0.3, -0.25) is 38.8 Å². The number of carboxylic acid groups (broad SMARTS) is 3. The van der Waals surface area contributed by atoms with E-state index in [1.807, 2.05) is 4.90 Å². The minimum absolute atomic E-state index is 0.0495. The summed E-state index contributed by atoms with van der Waals surface area (Å²) in [5.74, 6) is -3.25. The van der Waals surface area contributed by atoms with Crippen molar-refractivity contribution in [2.24, 2.45) is 0 Å². The molecular weight excluding hydrogens is 622 g/mol. The molecule has 0 unspecified atom stereocenters. The Kier molecular flexibility index (Phi) is 25.8. The van der Waals surface area contributed by atoms with Gasteiger partial charge in [0.2, 0.25) is 5.91 Å². The van der Waals surface area contributed by atoms with Gasteiger partial charge in [0.05, 0.1) is 85.6 Å². The quantitative estimate of drug-likeness (QED) is 0.0766. The van der Waals surface area contributed by atoms with Gasteiger partial charge < -0.3 is 44.3 Å². The average Bonchev–Trinajstić information content (AvgIpc) is 3.01. The number of nitrogens with one attached hydrogen (secondary N) is 1. The number of carboxylic acids is 3. The molecule has 0 bridgehead atoms. The predicted octanol–water partition coefficient (Wildman–Crippen LogP) is -1.54. The molecule has 1 heterocycles. The number of hydrogen-bond donors (Lipinski definition) is 4. The fraction of sp³-hybridized carbons (Fsp3) is 0.867. The summed E-state index contributed by atoms with van der Waals surface area (Å²) >= 11 is 0. The number of carbonyl (C=O) groups is 4. The van der Waals surface area contributed by atoms with Gasteiger partial charge in [-0.05, 0) is 6.42 Å². The summed E-state index contributed by atoms with van der Waals surface area (Å²) in [6.45, 7) is 9.35. The first-order chi connectivity index (χ1) is 22.7. The lowest BCUT2D eigenvalue weighted by molar-refractivity contribution is -0.140. The predicted molar refractivity (Wildman–Crippen MR) is 171 cm³/mol. The summed E-state index contributed by atoms with van der Waals surface area (Å²) in [5.41, 5.74) is 0. The minimum Gasteiger partial charge on any atom is -0.480 e. The minimum atomic E-state index is -1.01. The third-order valence-electron chi connectivity index (χ3n) is 7.07. The van der Waals surface area contributed by atoms with E-state index in [-0.39, 0.29) is 32.1 Å². The van der Waals surface area contributed by atoms with Crippen molar-refractivity contribution >= 4 is 23.8 Å². The zero-order valence-corrected chi connectivity index (χ0v) is 28.0. The Morgan fingerprint density at radius 2 is 0.787 bits per heavy atom. The molecule has 274 valence electrons. The van der Waals surface area contributed by atoms with E-state index < -0.39 is 17.9 Å². The molecule has 4 N–H and O–H groups in total. The number of hydrogen-bond acceptors (Lipinski definition) is 13. The summed E-state index contributed by atoms with van der Waals surface area (Å²) in [4.78, 5) is 53.8. The van der Waals surface area contributed by atoms with Crippen molar-refractivity contribution in [2.45, 2.75) is 19.8 Å². The molecule has 1 aliphatic heterocycles. The van der Waals surface area contributed by atoms with Gasteiger partial charge in [-0.1, -0.05) is 13.3 Å². The molecule has 0 aromatic heterocycles. The van der Waals surface area contributed by atoms with Crippen LogP contribution in [0.1, 0.15) is 19.8 Å². The van der Waals surface area contributed by atoms with Gasteiger partial charge in [-0.2, -0.15) is 0 Å². The van der Waals surface area contributed by atoms with Crippen LogP contribution in [0, 0.1) is 0 Å². The highest BCUT2D eigenvalue weighted by Gasteiger charge is 2.21. The smallest absolute Gasteiger partial charge is 0.317 e. The highest BCUT2D eigenvalue weighted by molar-refractivity contribution is 5.78. The molecule has 1 fully saturated rings. The fourth-order valence-corrected chi connectivity index (χ4v) is 4.53. The molecule has 0 spiro atoms. The Labute approximate surface area is 278 Å². The van der Waals surface area contributed by atoms with E-state index >= 15 is 0 Å². The molecule has 0 aromatic carbocycles. The Morgan fingerprint density at radius 3 is 1.11 bits per heavy atom. The van der Waals surface area contributed by atoms with E-state index in [0.717, 1.165) is 19.4 Å². The normalized spacial score (nSPS) is 16.4. The van der Waals surface area contributed by atoms with Gasteiger partial charge in [0.25, 0.3) is 0 Å². The number of unbranched alkanes of at least 4 members (excludes halogenated alkanes) is 1. The molecule has 0 radical (unpaired) electrons. The van der Waals surface area contributed by atoms with Crippen molar-refractivity contribution in [1.29, 1.82) is 0 Å². The Morgan fingerprint density at radius 1 is 0.489 bits per heavy atom. The van der Waals surface area contributed by atoms with Crippen molar-refractivity contribution in [2.75, 3.05) is 151 Å². The van der Waals surface area contributed by atoms with Crippen LogP contribution < -0.4 is 5.32 Å². The van der Waals surface area contributed by atoms with Crippen molar-refractivity contribution in [3.63, 3.8) is 0 Å². The van der Waals surface area contributed by atoms with Crippen LogP contribution in [-0.2, 0) is 42.9 Å².